The smallest absolute Gasteiger partial charge is 0.00961 e. The minimum Gasteiger partial charge on any atom is -0.328 e. The molecule has 1 saturated heterocycles. The molecule has 0 amide bonds. The number of hydrogen-bond acceptors (Lipinski definition) is 2. The van der Waals surface area contributed by atoms with Gasteiger partial charge in [-0.1, -0.05) is 13.8 Å². The number of hydrogen-bond donors (Lipinski definition) is 1. The molecule has 1 heterocycles. The minimum absolute atomic E-state index is 0.320. The second kappa shape index (κ2) is 5.13. The van der Waals surface area contributed by atoms with E-state index in [4.69, 9.17) is 5.73 Å². The van der Waals surface area contributed by atoms with Crippen molar-refractivity contribution in [2.75, 3.05) is 6.54 Å². The number of nitrogens with two attached hydrogens (primary N) is 1. The molecule has 2 nitrogen and oxygen atoms in total. The molecule has 0 saturated carbocycles. The van der Waals surface area contributed by atoms with Crippen LogP contribution in [0.1, 0.15) is 47.0 Å². The van der Waals surface area contributed by atoms with Crippen LogP contribution >= 0.6 is 0 Å². The van der Waals surface area contributed by atoms with Crippen LogP contribution in [0.25, 0.3) is 0 Å². The molecule has 0 bridgehead atoms. The zero-order chi connectivity index (χ0) is 10.7. The van der Waals surface area contributed by atoms with Gasteiger partial charge in [0.1, 0.15) is 0 Å². The van der Waals surface area contributed by atoms with Crippen molar-refractivity contribution in [3.05, 3.63) is 0 Å². The van der Waals surface area contributed by atoms with Crippen molar-refractivity contribution >= 4 is 0 Å². The van der Waals surface area contributed by atoms with Gasteiger partial charge >= 0.3 is 0 Å². The molecule has 1 aliphatic heterocycles. The van der Waals surface area contributed by atoms with E-state index in [0.29, 0.717) is 12.0 Å². The van der Waals surface area contributed by atoms with E-state index in [2.05, 4.69) is 32.6 Å². The van der Waals surface area contributed by atoms with E-state index in [1.165, 1.54) is 25.8 Å². The number of likely N-dealkylation sites (tertiary alicyclic amines) is 1. The van der Waals surface area contributed by atoms with E-state index in [-0.39, 0.29) is 0 Å². The highest BCUT2D eigenvalue weighted by molar-refractivity contribution is 4.86. The molecule has 0 radical (unpaired) electrons. The van der Waals surface area contributed by atoms with E-state index in [9.17, 15) is 0 Å². The maximum atomic E-state index is 5.92. The molecule has 0 aromatic carbocycles. The van der Waals surface area contributed by atoms with E-state index in [0.717, 1.165) is 12.1 Å². The van der Waals surface area contributed by atoms with Gasteiger partial charge in [0.15, 0.2) is 0 Å². The fourth-order valence-electron chi connectivity index (χ4n) is 2.39. The second-order valence-electron chi connectivity index (χ2n) is 5.02. The summed E-state index contributed by atoms with van der Waals surface area (Å²) in [6.45, 7) is 10.2. The van der Waals surface area contributed by atoms with Gasteiger partial charge in [-0.15, -0.1) is 0 Å². The normalized spacial score (nSPS) is 33.2. The molecule has 0 aromatic heterocycles. The first kappa shape index (κ1) is 12.0. The van der Waals surface area contributed by atoms with Gasteiger partial charge in [0.2, 0.25) is 0 Å². The Bertz CT molecular complexity index is 168. The van der Waals surface area contributed by atoms with Crippen LogP contribution < -0.4 is 5.73 Å². The zero-order valence-electron chi connectivity index (χ0n) is 10.2. The van der Waals surface area contributed by atoms with Crippen LogP contribution in [-0.4, -0.2) is 29.6 Å². The monoisotopic (exact) mass is 198 g/mol. The lowest BCUT2D eigenvalue weighted by Crippen LogP contribution is -2.41. The van der Waals surface area contributed by atoms with Crippen molar-refractivity contribution in [3.63, 3.8) is 0 Å². The van der Waals surface area contributed by atoms with Crippen LogP contribution in [0.4, 0.5) is 0 Å². The molecule has 2 heteroatoms. The van der Waals surface area contributed by atoms with Crippen LogP contribution in [0.15, 0.2) is 0 Å². The van der Waals surface area contributed by atoms with Crippen LogP contribution in [0, 0.1) is 5.92 Å². The SMILES string of the molecule is CCC1CCC(C)N1CC(C)C(C)N. The molecule has 1 fully saturated rings. The van der Waals surface area contributed by atoms with Gasteiger partial charge in [-0.2, -0.15) is 0 Å². The Morgan fingerprint density at radius 2 is 2.00 bits per heavy atom. The molecule has 1 rings (SSSR count). The van der Waals surface area contributed by atoms with Crippen molar-refractivity contribution in [3.8, 4) is 0 Å². The Hall–Kier alpha value is -0.0800. The van der Waals surface area contributed by atoms with Gasteiger partial charge in [-0.25, -0.2) is 0 Å². The summed E-state index contributed by atoms with van der Waals surface area (Å²) >= 11 is 0. The molecule has 1 aliphatic rings. The van der Waals surface area contributed by atoms with Gasteiger partial charge in [-0.3, -0.25) is 4.90 Å². The number of rotatable bonds is 4. The molecule has 0 spiro atoms. The largest absolute Gasteiger partial charge is 0.328 e. The van der Waals surface area contributed by atoms with E-state index >= 15 is 0 Å². The summed E-state index contributed by atoms with van der Waals surface area (Å²) in [7, 11) is 0. The third kappa shape index (κ3) is 2.71. The third-order valence-electron chi connectivity index (χ3n) is 3.82. The highest BCUT2D eigenvalue weighted by atomic mass is 15.2. The summed E-state index contributed by atoms with van der Waals surface area (Å²) in [4.78, 5) is 2.66. The van der Waals surface area contributed by atoms with E-state index in [1.807, 2.05) is 0 Å². The van der Waals surface area contributed by atoms with Gasteiger partial charge in [0.05, 0.1) is 0 Å². The Labute approximate surface area is 88.8 Å². The Balaban J connectivity index is 2.48. The molecule has 84 valence electrons. The number of nitrogens with zero attached hydrogens (tertiary/aromatic N) is 1. The molecular weight excluding hydrogens is 172 g/mol. The molecule has 14 heavy (non-hydrogen) atoms. The molecular formula is C12H26N2. The van der Waals surface area contributed by atoms with Crippen molar-refractivity contribution in [1.82, 2.24) is 4.90 Å². The molecule has 0 aliphatic carbocycles. The third-order valence-corrected chi connectivity index (χ3v) is 3.82. The van der Waals surface area contributed by atoms with Crippen molar-refractivity contribution < 1.29 is 0 Å². The summed E-state index contributed by atoms with van der Waals surface area (Å²) in [5, 5.41) is 0. The Morgan fingerprint density at radius 3 is 2.50 bits per heavy atom. The maximum absolute atomic E-state index is 5.92. The average molecular weight is 198 g/mol. The van der Waals surface area contributed by atoms with E-state index in [1.54, 1.807) is 0 Å². The fraction of sp³-hybridized carbons (Fsp3) is 1.00. The second-order valence-corrected chi connectivity index (χ2v) is 5.02. The van der Waals surface area contributed by atoms with Crippen LogP contribution in [-0.2, 0) is 0 Å². The fourth-order valence-corrected chi connectivity index (χ4v) is 2.39. The minimum atomic E-state index is 0.320. The van der Waals surface area contributed by atoms with Crippen molar-refractivity contribution in [2.24, 2.45) is 11.7 Å². The summed E-state index contributed by atoms with van der Waals surface area (Å²) in [6.07, 6.45) is 4.03. The standard InChI is InChI=1S/C12H26N2/c1-5-12-7-6-10(3)14(12)8-9(2)11(4)13/h9-12H,5-8,13H2,1-4H3. The first-order valence-electron chi connectivity index (χ1n) is 6.07. The summed E-state index contributed by atoms with van der Waals surface area (Å²) in [6, 6.07) is 1.90. The van der Waals surface area contributed by atoms with Gasteiger partial charge in [0, 0.05) is 24.7 Å². The predicted molar refractivity (Wildman–Crippen MR) is 62.3 cm³/mol. The molecule has 2 N–H and O–H groups in total. The van der Waals surface area contributed by atoms with Crippen LogP contribution in [0.5, 0.6) is 0 Å². The molecule has 0 aromatic rings. The van der Waals surface area contributed by atoms with Crippen LogP contribution in [0.2, 0.25) is 0 Å². The molecule has 4 atom stereocenters. The van der Waals surface area contributed by atoms with Gasteiger partial charge in [-0.05, 0) is 39.0 Å². The van der Waals surface area contributed by atoms with Crippen molar-refractivity contribution in [1.29, 1.82) is 0 Å². The zero-order valence-corrected chi connectivity index (χ0v) is 10.2. The maximum Gasteiger partial charge on any atom is 0.00961 e. The van der Waals surface area contributed by atoms with Crippen molar-refractivity contribution in [2.45, 2.75) is 65.1 Å². The highest BCUT2D eigenvalue weighted by Gasteiger charge is 2.30. The lowest BCUT2D eigenvalue weighted by atomic mass is 10.0. The lowest BCUT2D eigenvalue weighted by molar-refractivity contribution is 0.164. The Morgan fingerprint density at radius 1 is 1.36 bits per heavy atom. The first-order chi connectivity index (χ1) is 6.56. The summed E-state index contributed by atoms with van der Waals surface area (Å²) < 4.78 is 0. The van der Waals surface area contributed by atoms with E-state index < -0.39 is 0 Å². The Kier molecular flexibility index (Phi) is 4.39. The van der Waals surface area contributed by atoms with Gasteiger partial charge < -0.3 is 5.73 Å². The quantitative estimate of drug-likeness (QED) is 0.750. The topological polar surface area (TPSA) is 29.3 Å². The molecule has 4 unspecified atom stereocenters. The summed E-state index contributed by atoms with van der Waals surface area (Å²) in [5.41, 5.74) is 5.92. The van der Waals surface area contributed by atoms with Crippen LogP contribution in [0.3, 0.4) is 0 Å². The lowest BCUT2D eigenvalue weighted by Gasteiger charge is -2.31. The average Bonchev–Trinajstić information content (AvgIpc) is 2.47. The predicted octanol–water partition coefficient (Wildman–Crippen LogP) is 2.23. The highest BCUT2D eigenvalue weighted by Crippen LogP contribution is 2.27. The summed E-state index contributed by atoms with van der Waals surface area (Å²) in [5.74, 6) is 0.615. The first-order valence-corrected chi connectivity index (χ1v) is 6.07. The van der Waals surface area contributed by atoms with Gasteiger partial charge in [0.25, 0.3) is 0 Å².